The van der Waals surface area contributed by atoms with Crippen LogP contribution in [0.15, 0.2) is 55.0 Å². The molecule has 0 aliphatic rings. The van der Waals surface area contributed by atoms with Crippen LogP contribution in [-0.4, -0.2) is 28.1 Å². The summed E-state index contributed by atoms with van der Waals surface area (Å²) in [6, 6.07) is 11.6. The number of fused-ring (bicyclic) bond motifs is 1. The lowest BCUT2D eigenvalue weighted by Crippen LogP contribution is -2.01. The van der Waals surface area contributed by atoms with E-state index < -0.39 is 0 Å². The van der Waals surface area contributed by atoms with Crippen molar-refractivity contribution in [3.05, 3.63) is 65.6 Å². The minimum absolute atomic E-state index is 0.571. The lowest BCUT2D eigenvalue weighted by molar-refractivity contribution is 0.311. The quantitative estimate of drug-likeness (QED) is 0.456. The average molecular weight is 409 g/mol. The molecular formula is C22H21ClN4O2. The second-order valence-electron chi connectivity index (χ2n) is 6.52. The number of hydrogen-bond donors (Lipinski definition) is 1. The molecule has 0 saturated carbocycles. The SMILES string of the molecule is CCOc1ccc(Nc2nc(-c3ccc(Cl)c(C)c3)cn3ccnc23)cc1OC. The number of anilines is 2. The van der Waals surface area contributed by atoms with Gasteiger partial charge in [0.1, 0.15) is 0 Å². The third kappa shape index (κ3) is 3.84. The van der Waals surface area contributed by atoms with E-state index in [0.717, 1.165) is 33.2 Å². The molecule has 2 heterocycles. The summed E-state index contributed by atoms with van der Waals surface area (Å²) in [6.45, 7) is 4.49. The molecule has 4 rings (SSSR count). The van der Waals surface area contributed by atoms with Crippen LogP contribution in [0.1, 0.15) is 12.5 Å². The number of benzene rings is 2. The van der Waals surface area contributed by atoms with Gasteiger partial charge in [-0.3, -0.25) is 0 Å². The van der Waals surface area contributed by atoms with Crippen LogP contribution in [0.25, 0.3) is 16.9 Å². The van der Waals surface area contributed by atoms with Crippen molar-refractivity contribution in [1.82, 2.24) is 14.4 Å². The summed E-state index contributed by atoms with van der Waals surface area (Å²) in [5, 5.41) is 4.09. The van der Waals surface area contributed by atoms with Gasteiger partial charge in [-0.1, -0.05) is 17.7 Å². The summed E-state index contributed by atoms with van der Waals surface area (Å²) < 4.78 is 13.0. The van der Waals surface area contributed by atoms with Crippen molar-refractivity contribution in [3.8, 4) is 22.8 Å². The van der Waals surface area contributed by atoms with Gasteiger partial charge in [-0.15, -0.1) is 0 Å². The molecule has 1 N–H and O–H groups in total. The lowest BCUT2D eigenvalue weighted by atomic mass is 10.1. The van der Waals surface area contributed by atoms with Crippen molar-refractivity contribution >= 4 is 28.8 Å². The first-order valence-corrected chi connectivity index (χ1v) is 9.65. The van der Waals surface area contributed by atoms with Gasteiger partial charge in [-0.2, -0.15) is 0 Å². The standard InChI is InChI=1S/C22H21ClN4O2/c1-4-29-19-8-6-16(12-20(19)28-3)25-21-22-24-9-10-27(22)13-18(26-21)15-5-7-17(23)14(2)11-15/h5-13H,4H2,1-3H3,(H,25,26). The van der Waals surface area contributed by atoms with Crippen molar-refractivity contribution in [2.45, 2.75) is 13.8 Å². The Hall–Kier alpha value is -3.25. The fourth-order valence-corrected chi connectivity index (χ4v) is 3.23. The molecule has 29 heavy (non-hydrogen) atoms. The Morgan fingerprint density at radius 3 is 2.76 bits per heavy atom. The number of halogens is 1. The van der Waals surface area contributed by atoms with Crippen molar-refractivity contribution in [2.75, 3.05) is 19.0 Å². The first kappa shape index (κ1) is 19.1. The minimum Gasteiger partial charge on any atom is -0.493 e. The minimum atomic E-state index is 0.571. The molecule has 0 atom stereocenters. The molecule has 0 spiro atoms. The van der Waals surface area contributed by atoms with E-state index in [2.05, 4.69) is 10.3 Å². The van der Waals surface area contributed by atoms with Crippen LogP contribution in [0.2, 0.25) is 5.02 Å². The fourth-order valence-electron chi connectivity index (χ4n) is 3.12. The first-order valence-electron chi connectivity index (χ1n) is 9.27. The van der Waals surface area contributed by atoms with Gasteiger partial charge >= 0.3 is 0 Å². The number of imidazole rings is 1. The van der Waals surface area contributed by atoms with E-state index in [0.29, 0.717) is 23.9 Å². The molecule has 4 aromatic rings. The smallest absolute Gasteiger partial charge is 0.180 e. The van der Waals surface area contributed by atoms with Crippen molar-refractivity contribution in [2.24, 2.45) is 0 Å². The molecule has 2 aromatic heterocycles. The van der Waals surface area contributed by atoms with Crippen LogP contribution in [0.3, 0.4) is 0 Å². The third-order valence-corrected chi connectivity index (χ3v) is 4.98. The molecule has 0 bridgehead atoms. The highest BCUT2D eigenvalue weighted by Crippen LogP contribution is 2.32. The zero-order valence-corrected chi connectivity index (χ0v) is 17.2. The van der Waals surface area contributed by atoms with Gasteiger partial charge in [0.15, 0.2) is 23.0 Å². The van der Waals surface area contributed by atoms with Crippen molar-refractivity contribution in [3.63, 3.8) is 0 Å². The highest BCUT2D eigenvalue weighted by atomic mass is 35.5. The number of methoxy groups -OCH3 is 1. The van der Waals surface area contributed by atoms with Gasteiger partial charge in [0, 0.05) is 40.9 Å². The molecule has 0 fully saturated rings. The average Bonchev–Trinajstić information content (AvgIpc) is 3.20. The maximum Gasteiger partial charge on any atom is 0.180 e. The summed E-state index contributed by atoms with van der Waals surface area (Å²) in [6.07, 6.45) is 5.60. The Morgan fingerprint density at radius 2 is 2.00 bits per heavy atom. The van der Waals surface area contributed by atoms with E-state index in [4.69, 9.17) is 26.1 Å². The van der Waals surface area contributed by atoms with Crippen LogP contribution in [-0.2, 0) is 0 Å². The zero-order chi connectivity index (χ0) is 20.4. The van der Waals surface area contributed by atoms with E-state index in [1.807, 2.05) is 67.0 Å². The van der Waals surface area contributed by atoms with Gasteiger partial charge in [0.25, 0.3) is 0 Å². The van der Waals surface area contributed by atoms with E-state index in [9.17, 15) is 0 Å². The molecule has 6 nitrogen and oxygen atoms in total. The number of hydrogen-bond acceptors (Lipinski definition) is 5. The molecule has 7 heteroatoms. The normalized spacial score (nSPS) is 10.9. The highest BCUT2D eigenvalue weighted by Gasteiger charge is 2.12. The van der Waals surface area contributed by atoms with E-state index in [1.165, 1.54) is 0 Å². The summed E-state index contributed by atoms with van der Waals surface area (Å²) in [7, 11) is 1.62. The van der Waals surface area contributed by atoms with Gasteiger partial charge in [0.2, 0.25) is 0 Å². The van der Waals surface area contributed by atoms with Crippen molar-refractivity contribution < 1.29 is 9.47 Å². The second-order valence-corrected chi connectivity index (χ2v) is 6.93. The third-order valence-electron chi connectivity index (χ3n) is 4.55. The van der Waals surface area contributed by atoms with Crippen LogP contribution in [0.4, 0.5) is 11.5 Å². The fraction of sp³-hybridized carbons (Fsp3) is 0.182. The number of nitrogens with zero attached hydrogens (tertiary/aromatic N) is 3. The largest absolute Gasteiger partial charge is 0.493 e. The van der Waals surface area contributed by atoms with E-state index in [-0.39, 0.29) is 0 Å². The molecule has 148 valence electrons. The Bertz CT molecular complexity index is 1170. The Labute approximate surface area is 174 Å². The number of aryl methyl sites for hydroxylation is 1. The summed E-state index contributed by atoms with van der Waals surface area (Å²) in [5.74, 6) is 2.00. The van der Waals surface area contributed by atoms with E-state index >= 15 is 0 Å². The number of nitrogens with one attached hydrogen (secondary N) is 1. The molecule has 0 amide bonds. The zero-order valence-electron chi connectivity index (χ0n) is 16.4. The highest BCUT2D eigenvalue weighted by molar-refractivity contribution is 6.31. The van der Waals surface area contributed by atoms with Gasteiger partial charge in [-0.05, 0) is 43.7 Å². The maximum absolute atomic E-state index is 6.18. The van der Waals surface area contributed by atoms with Gasteiger partial charge < -0.3 is 19.2 Å². The van der Waals surface area contributed by atoms with Crippen LogP contribution in [0, 0.1) is 6.92 Å². The molecular weight excluding hydrogens is 388 g/mol. The molecule has 0 radical (unpaired) electrons. The topological polar surface area (TPSA) is 60.7 Å². The van der Waals surface area contributed by atoms with Gasteiger partial charge in [0.05, 0.1) is 19.4 Å². The van der Waals surface area contributed by atoms with E-state index in [1.54, 1.807) is 13.3 Å². The number of aromatic nitrogens is 3. The maximum atomic E-state index is 6.18. The summed E-state index contributed by atoms with van der Waals surface area (Å²) >= 11 is 6.18. The van der Waals surface area contributed by atoms with Crippen LogP contribution < -0.4 is 14.8 Å². The molecule has 0 unspecified atom stereocenters. The summed E-state index contributed by atoms with van der Waals surface area (Å²) in [4.78, 5) is 9.25. The predicted octanol–water partition coefficient (Wildman–Crippen LogP) is 5.51. The molecule has 2 aromatic carbocycles. The Balaban J connectivity index is 1.75. The number of ether oxygens (including phenoxy) is 2. The molecule has 0 aliphatic carbocycles. The molecule has 0 aliphatic heterocycles. The van der Waals surface area contributed by atoms with Crippen LogP contribution in [0.5, 0.6) is 11.5 Å². The Kier molecular flexibility index (Phi) is 5.27. The molecule has 0 saturated heterocycles. The first-order chi connectivity index (χ1) is 14.1. The summed E-state index contributed by atoms with van der Waals surface area (Å²) in [5.41, 5.74) is 4.35. The monoisotopic (exact) mass is 408 g/mol. The Morgan fingerprint density at radius 1 is 1.14 bits per heavy atom. The second kappa shape index (κ2) is 8.01. The number of rotatable bonds is 6. The van der Waals surface area contributed by atoms with Crippen LogP contribution >= 0.6 is 11.6 Å². The predicted molar refractivity (Wildman–Crippen MR) is 116 cm³/mol. The lowest BCUT2D eigenvalue weighted by Gasteiger charge is -2.13. The van der Waals surface area contributed by atoms with Gasteiger partial charge in [-0.25, -0.2) is 9.97 Å². The van der Waals surface area contributed by atoms with Crippen molar-refractivity contribution in [1.29, 1.82) is 0 Å².